The molecular weight excluding hydrogens is 258 g/mol. The molecule has 0 spiro atoms. The summed E-state index contributed by atoms with van der Waals surface area (Å²) in [4.78, 5) is 15.6. The molecule has 3 nitrogen and oxygen atoms in total. The number of hydrogen-bond donors (Lipinski definition) is 0. The van der Waals surface area contributed by atoms with Crippen LogP contribution in [0.3, 0.4) is 0 Å². The lowest BCUT2D eigenvalue weighted by atomic mass is 10.2. The van der Waals surface area contributed by atoms with Gasteiger partial charge in [0.15, 0.2) is 0 Å². The van der Waals surface area contributed by atoms with Gasteiger partial charge in [0.2, 0.25) is 0 Å². The fraction of sp³-hybridized carbons (Fsp3) is 0.533. The quantitative estimate of drug-likeness (QED) is 0.847. The van der Waals surface area contributed by atoms with Gasteiger partial charge in [-0.3, -0.25) is 4.79 Å². The lowest BCUT2D eigenvalue weighted by Gasteiger charge is -2.31. The van der Waals surface area contributed by atoms with E-state index >= 15 is 0 Å². The highest BCUT2D eigenvalue weighted by molar-refractivity contribution is 7.99. The van der Waals surface area contributed by atoms with Gasteiger partial charge in [0, 0.05) is 17.2 Å². The van der Waals surface area contributed by atoms with Crippen molar-refractivity contribution in [3.8, 4) is 0 Å². The molecule has 1 aliphatic carbocycles. The Bertz CT molecular complexity index is 473. The zero-order valence-corrected chi connectivity index (χ0v) is 12.0. The summed E-state index contributed by atoms with van der Waals surface area (Å²) in [5, 5.41) is 0. The fourth-order valence-electron chi connectivity index (χ4n) is 2.25. The van der Waals surface area contributed by atoms with Crippen molar-refractivity contribution in [2.45, 2.75) is 30.8 Å². The molecule has 3 rings (SSSR count). The molecule has 1 aromatic rings. The van der Waals surface area contributed by atoms with Gasteiger partial charge in [0.1, 0.15) is 6.10 Å². The van der Waals surface area contributed by atoms with Gasteiger partial charge in [-0.2, -0.15) is 0 Å². The third kappa shape index (κ3) is 2.95. The Morgan fingerprint density at radius 1 is 1.47 bits per heavy atom. The Morgan fingerprint density at radius 3 is 3.05 bits per heavy atom. The van der Waals surface area contributed by atoms with Crippen LogP contribution in [-0.2, 0) is 9.53 Å². The van der Waals surface area contributed by atoms with E-state index < -0.39 is 0 Å². The van der Waals surface area contributed by atoms with E-state index in [9.17, 15) is 4.79 Å². The van der Waals surface area contributed by atoms with Gasteiger partial charge in [-0.1, -0.05) is 12.1 Å². The lowest BCUT2D eigenvalue weighted by Crippen LogP contribution is -2.42. The van der Waals surface area contributed by atoms with Crippen LogP contribution >= 0.6 is 11.8 Å². The summed E-state index contributed by atoms with van der Waals surface area (Å²) in [6.07, 6.45) is 2.17. The Labute approximate surface area is 118 Å². The van der Waals surface area contributed by atoms with Crippen LogP contribution in [0.25, 0.3) is 0 Å². The zero-order valence-electron chi connectivity index (χ0n) is 11.2. The van der Waals surface area contributed by atoms with Crippen LogP contribution in [0.2, 0.25) is 0 Å². The maximum Gasteiger partial charge on any atom is 0.255 e. The summed E-state index contributed by atoms with van der Waals surface area (Å²) in [6.45, 7) is 3.38. The molecule has 0 aromatic heterocycles. The predicted molar refractivity (Wildman–Crippen MR) is 77.7 cm³/mol. The first kappa shape index (κ1) is 13.0. The van der Waals surface area contributed by atoms with Gasteiger partial charge in [-0.15, -0.1) is 11.8 Å². The highest BCUT2D eigenvalue weighted by Crippen LogP contribution is 2.35. The Balaban J connectivity index is 1.69. The minimum Gasteiger partial charge on any atom is -0.368 e. The Kier molecular flexibility index (Phi) is 3.80. The smallest absolute Gasteiger partial charge is 0.255 e. The molecule has 2 aliphatic rings. The average molecular weight is 277 g/mol. The molecule has 4 heteroatoms. The van der Waals surface area contributed by atoms with E-state index in [1.807, 2.05) is 41.8 Å². The molecule has 1 aliphatic heterocycles. The summed E-state index contributed by atoms with van der Waals surface area (Å²) >= 11 is 1.82. The molecule has 1 heterocycles. The second kappa shape index (κ2) is 5.55. The number of nitrogens with zero attached hydrogens (tertiary/aromatic N) is 1. The van der Waals surface area contributed by atoms with E-state index in [4.69, 9.17) is 4.74 Å². The minimum absolute atomic E-state index is 0.0911. The molecule has 1 saturated carbocycles. The van der Waals surface area contributed by atoms with Gasteiger partial charge < -0.3 is 9.64 Å². The largest absolute Gasteiger partial charge is 0.368 e. The second-order valence-corrected chi connectivity index (χ2v) is 6.36. The topological polar surface area (TPSA) is 29.5 Å². The predicted octanol–water partition coefficient (Wildman–Crippen LogP) is 2.94. The molecule has 0 bridgehead atoms. The SMILES string of the molecule is CC(OCC1CC1)C(=O)N1CCSc2ccccc21. The van der Waals surface area contributed by atoms with Crippen molar-refractivity contribution in [2.24, 2.45) is 5.92 Å². The van der Waals surface area contributed by atoms with Gasteiger partial charge in [0.05, 0.1) is 12.3 Å². The van der Waals surface area contributed by atoms with Gasteiger partial charge in [0.25, 0.3) is 5.91 Å². The first-order valence-corrected chi connectivity index (χ1v) is 7.89. The van der Waals surface area contributed by atoms with Gasteiger partial charge >= 0.3 is 0 Å². The van der Waals surface area contributed by atoms with E-state index in [-0.39, 0.29) is 12.0 Å². The zero-order chi connectivity index (χ0) is 13.2. The number of amides is 1. The number of hydrogen-bond acceptors (Lipinski definition) is 3. The second-order valence-electron chi connectivity index (χ2n) is 5.22. The van der Waals surface area contributed by atoms with Crippen molar-refractivity contribution in [1.82, 2.24) is 0 Å². The van der Waals surface area contributed by atoms with Crippen LogP contribution in [-0.4, -0.2) is 30.9 Å². The molecule has 1 atom stereocenters. The van der Waals surface area contributed by atoms with Crippen molar-refractivity contribution in [3.05, 3.63) is 24.3 Å². The van der Waals surface area contributed by atoms with Gasteiger partial charge in [-0.25, -0.2) is 0 Å². The first-order valence-electron chi connectivity index (χ1n) is 6.90. The standard InChI is InChI=1S/C15H19NO2S/c1-11(18-10-12-6-7-12)15(17)16-8-9-19-14-5-3-2-4-13(14)16/h2-5,11-12H,6-10H2,1H3. The molecule has 1 amide bonds. The van der Waals surface area contributed by atoms with E-state index in [2.05, 4.69) is 6.07 Å². The van der Waals surface area contributed by atoms with Gasteiger partial charge in [-0.05, 0) is 37.8 Å². The van der Waals surface area contributed by atoms with E-state index in [0.29, 0.717) is 5.92 Å². The number of ether oxygens (including phenoxy) is 1. The number of carbonyl (C=O) groups excluding carboxylic acids is 1. The molecular formula is C15H19NO2S. The van der Waals surface area contributed by atoms with Crippen molar-refractivity contribution >= 4 is 23.4 Å². The summed E-state index contributed by atoms with van der Waals surface area (Å²) < 4.78 is 5.70. The normalized spacial score (nSPS) is 19.9. The number of thioether (sulfide) groups is 1. The van der Waals surface area contributed by atoms with Crippen molar-refractivity contribution < 1.29 is 9.53 Å². The van der Waals surface area contributed by atoms with E-state index in [1.54, 1.807) is 0 Å². The van der Waals surface area contributed by atoms with E-state index in [1.165, 1.54) is 17.7 Å². The summed E-state index contributed by atoms with van der Waals surface area (Å²) in [7, 11) is 0. The number of fused-ring (bicyclic) bond motifs is 1. The number of anilines is 1. The third-order valence-electron chi connectivity index (χ3n) is 3.62. The monoisotopic (exact) mass is 277 g/mol. The third-order valence-corrected chi connectivity index (χ3v) is 4.66. The molecule has 0 N–H and O–H groups in total. The highest BCUT2D eigenvalue weighted by Gasteiger charge is 2.29. The highest BCUT2D eigenvalue weighted by atomic mass is 32.2. The fourth-order valence-corrected chi connectivity index (χ4v) is 3.25. The van der Waals surface area contributed by atoms with Crippen LogP contribution in [0.15, 0.2) is 29.2 Å². The van der Waals surface area contributed by atoms with Crippen LogP contribution < -0.4 is 4.90 Å². The average Bonchev–Trinajstić information content (AvgIpc) is 3.27. The van der Waals surface area contributed by atoms with Crippen LogP contribution in [0.5, 0.6) is 0 Å². The molecule has 1 unspecified atom stereocenters. The number of rotatable bonds is 4. The van der Waals surface area contributed by atoms with Crippen LogP contribution in [0.1, 0.15) is 19.8 Å². The van der Waals surface area contributed by atoms with E-state index in [0.717, 1.165) is 24.6 Å². The van der Waals surface area contributed by atoms with Crippen molar-refractivity contribution in [1.29, 1.82) is 0 Å². The Hall–Kier alpha value is -1.00. The molecule has 1 fully saturated rings. The number of benzene rings is 1. The molecule has 0 radical (unpaired) electrons. The number of para-hydroxylation sites is 1. The summed E-state index contributed by atoms with van der Waals surface area (Å²) in [6, 6.07) is 8.11. The van der Waals surface area contributed by atoms with Crippen LogP contribution in [0.4, 0.5) is 5.69 Å². The lowest BCUT2D eigenvalue weighted by molar-refractivity contribution is -0.129. The molecule has 1 aromatic carbocycles. The van der Waals surface area contributed by atoms with Crippen LogP contribution in [0, 0.1) is 5.92 Å². The molecule has 19 heavy (non-hydrogen) atoms. The maximum absolute atomic E-state index is 12.5. The first-order chi connectivity index (χ1) is 9.25. The Morgan fingerprint density at radius 2 is 2.26 bits per heavy atom. The molecule has 102 valence electrons. The minimum atomic E-state index is -0.336. The summed E-state index contributed by atoms with van der Waals surface area (Å²) in [5.74, 6) is 1.74. The summed E-state index contributed by atoms with van der Waals surface area (Å²) in [5.41, 5.74) is 1.03. The number of carbonyl (C=O) groups is 1. The van der Waals surface area contributed by atoms with Crippen molar-refractivity contribution in [3.63, 3.8) is 0 Å². The van der Waals surface area contributed by atoms with Crippen molar-refractivity contribution in [2.75, 3.05) is 23.8 Å². The molecule has 0 saturated heterocycles. The maximum atomic E-state index is 12.5.